The van der Waals surface area contributed by atoms with Gasteiger partial charge in [-0.15, -0.1) is 0 Å². The molecule has 0 heterocycles. The van der Waals surface area contributed by atoms with Crippen LogP contribution in [-0.4, -0.2) is 75.5 Å². The Morgan fingerprint density at radius 3 is 1.38 bits per heavy atom. The number of carbonyl (C=O) groups is 2. The van der Waals surface area contributed by atoms with E-state index in [4.69, 9.17) is 18.5 Å². The van der Waals surface area contributed by atoms with E-state index in [1.54, 1.807) is 0 Å². The maximum atomic E-state index is 12.6. The van der Waals surface area contributed by atoms with Crippen LogP contribution in [0.25, 0.3) is 0 Å². The second-order valence-electron chi connectivity index (χ2n) is 14.0. The van der Waals surface area contributed by atoms with Gasteiger partial charge in [0.1, 0.15) is 19.8 Å². The third-order valence-corrected chi connectivity index (χ3v) is 9.09. The van der Waals surface area contributed by atoms with Crippen LogP contribution in [-0.2, 0) is 32.7 Å². The van der Waals surface area contributed by atoms with Gasteiger partial charge in [-0.2, -0.15) is 0 Å². The number of phosphoric acid groups is 1. The van der Waals surface area contributed by atoms with Gasteiger partial charge in [-0.25, -0.2) is 0 Å². The zero-order valence-electron chi connectivity index (χ0n) is 31.0. The van der Waals surface area contributed by atoms with Crippen molar-refractivity contribution < 1.29 is 47.5 Å². The summed E-state index contributed by atoms with van der Waals surface area (Å²) in [7, 11) is 1.18. The van der Waals surface area contributed by atoms with E-state index in [-0.39, 0.29) is 37.5 Å². The topological polar surface area (TPSA) is 143 Å². The van der Waals surface area contributed by atoms with E-state index in [0.29, 0.717) is 17.4 Å². The molecular formula is C36H74NO9P. The number of unbranched alkanes of at least 4 members (excludes halogenated alkanes) is 20. The van der Waals surface area contributed by atoms with Crippen molar-refractivity contribution in [3.05, 3.63) is 0 Å². The molecule has 2 unspecified atom stereocenters. The van der Waals surface area contributed by atoms with Crippen LogP contribution >= 0.6 is 7.82 Å². The Morgan fingerprint density at radius 2 is 0.979 bits per heavy atom. The van der Waals surface area contributed by atoms with Crippen LogP contribution in [0.5, 0.6) is 0 Å². The maximum Gasteiger partial charge on any atom is 0.306 e. The molecule has 0 saturated heterocycles. The molecule has 0 aliphatic heterocycles. The molecule has 0 amide bonds. The lowest BCUT2D eigenvalue weighted by Crippen LogP contribution is -2.37. The van der Waals surface area contributed by atoms with Gasteiger partial charge in [0.15, 0.2) is 6.10 Å². The summed E-state index contributed by atoms with van der Waals surface area (Å²) in [6, 6.07) is 0. The Labute approximate surface area is 288 Å². The quantitative estimate of drug-likeness (QED) is 0.0284. The van der Waals surface area contributed by atoms with Crippen molar-refractivity contribution in [2.24, 2.45) is 0 Å². The summed E-state index contributed by atoms with van der Waals surface area (Å²) in [5, 5.41) is 0. The van der Waals surface area contributed by atoms with Gasteiger partial charge in [-0.3, -0.25) is 14.2 Å². The third-order valence-electron chi connectivity index (χ3n) is 8.13. The maximum absolute atomic E-state index is 12.6. The van der Waals surface area contributed by atoms with Gasteiger partial charge in [0.2, 0.25) is 0 Å². The lowest BCUT2D eigenvalue weighted by atomic mass is 10.1. The second kappa shape index (κ2) is 32.2. The van der Waals surface area contributed by atoms with E-state index in [1.165, 1.54) is 103 Å². The van der Waals surface area contributed by atoms with Crippen molar-refractivity contribution in [1.29, 1.82) is 0 Å². The zero-order chi connectivity index (χ0) is 34.4. The SMILES string of the molecule is CCCCCCCCCCCCCC(=O)OCC(COP(=O)([O-])OCC[N+](C)(C)C)OC(=O)CCCCCCCCCCCCC.O. The van der Waals surface area contributed by atoms with Gasteiger partial charge >= 0.3 is 11.9 Å². The Balaban J connectivity index is 0. The van der Waals surface area contributed by atoms with Crippen LogP contribution < -0.4 is 4.89 Å². The van der Waals surface area contributed by atoms with Crippen LogP contribution in [0, 0.1) is 0 Å². The molecule has 0 aliphatic rings. The van der Waals surface area contributed by atoms with Gasteiger partial charge in [0.25, 0.3) is 7.82 Å². The van der Waals surface area contributed by atoms with Gasteiger partial charge in [0.05, 0.1) is 27.7 Å². The minimum absolute atomic E-state index is 0. The number of likely N-dealkylation sites (N-methyl/N-ethyl adjacent to an activating group) is 1. The average molecular weight is 696 g/mol. The van der Waals surface area contributed by atoms with Crippen molar-refractivity contribution in [2.45, 2.75) is 174 Å². The summed E-state index contributed by atoms with van der Waals surface area (Å²) >= 11 is 0. The predicted octanol–water partition coefficient (Wildman–Crippen LogP) is 8.23. The highest BCUT2D eigenvalue weighted by molar-refractivity contribution is 7.45. The first-order chi connectivity index (χ1) is 22.0. The number of phosphoric ester groups is 1. The fourth-order valence-corrected chi connectivity index (χ4v) is 5.85. The molecule has 0 aromatic carbocycles. The van der Waals surface area contributed by atoms with Crippen molar-refractivity contribution in [3.8, 4) is 0 Å². The Morgan fingerprint density at radius 1 is 0.596 bits per heavy atom. The zero-order valence-corrected chi connectivity index (χ0v) is 31.9. The molecule has 0 aromatic rings. The molecule has 11 heteroatoms. The first-order valence-corrected chi connectivity index (χ1v) is 20.2. The van der Waals surface area contributed by atoms with E-state index in [9.17, 15) is 19.0 Å². The first kappa shape index (κ1) is 48.1. The summed E-state index contributed by atoms with van der Waals surface area (Å²) < 4.78 is 33.7. The Hall–Kier alpha value is -1.03. The number of ether oxygens (including phenoxy) is 2. The van der Waals surface area contributed by atoms with E-state index in [1.807, 2.05) is 21.1 Å². The van der Waals surface area contributed by atoms with E-state index < -0.39 is 26.5 Å². The number of esters is 2. The summed E-state index contributed by atoms with van der Waals surface area (Å²) in [4.78, 5) is 37.2. The molecule has 2 N–H and O–H groups in total. The van der Waals surface area contributed by atoms with Crippen LogP contribution in [0.15, 0.2) is 0 Å². The molecule has 0 radical (unpaired) electrons. The normalized spacial score (nSPS) is 13.5. The molecular weight excluding hydrogens is 621 g/mol. The first-order valence-electron chi connectivity index (χ1n) is 18.7. The van der Waals surface area contributed by atoms with Gasteiger partial charge < -0.3 is 33.4 Å². The lowest BCUT2D eigenvalue weighted by molar-refractivity contribution is -0.870. The standard InChI is InChI=1S/C36H72NO8P.H2O/c1-6-8-10-12-14-16-18-20-22-24-26-28-35(38)42-32-34(33-44-46(40,41)43-31-30-37(3,4)5)45-36(39)29-27-25-23-21-19-17-15-13-11-9-7-2;/h34H,6-33H2,1-5H3;1H2. The number of nitrogens with zero attached hydrogens (tertiary/aromatic N) is 1. The summed E-state index contributed by atoms with van der Waals surface area (Å²) in [6.45, 7) is 4.21. The monoisotopic (exact) mass is 696 g/mol. The highest BCUT2D eigenvalue weighted by Gasteiger charge is 2.21. The van der Waals surface area contributed by atoms with Gasteiger partial charge in [-0.05, 0) is 12.8 Å². The van der Waals surface area contributed by atoms with Gasteiger partial charge in [-0.1, -0.05) is 142 Å². The van der Waals surface area contributed by atoms with Crippen LogP contribution in [0.1, 0.15) is 168 Å². The fourth-order valence-electron chi connectivity index (χ4n) is 5.12. The average Bonchev–Trinajstić information content (AvgIpc) is 2.99. The number of hydrogen-bond donors (Lipinski definition) is 0. The second-order valence-corrected chi connectivity index (χ2v) is 15.4. The minimum atomic E-state index is -4.60. The van der Waals surface area contributed by atoms with Crippen molar-refractivity contribution in [3.63, 3.8) is 0 Å². The third kappa shape index (κ3) is 36.1. The largest absolute Gasteiger partial charge is 0.756 e. The molecule has 0 rings (SSSR count). The number of rotatable bonds is 34. The smallest absolute Gasteiger partial charge is 0.306 e. The van der Waals surface area contributed by atoms with E-state index in [2.05, 4.69) is 13.8 Å². The molecule has 282 valence electrons. The van der Waals surface area contributed by atoms with Crippen molar-refractivity contribution >= 4 is 19.8 Å². The summed E-state index contributed by atoms with van der Waals surface area (Å²) in [5.41, 5.74) is 0. The molecule has 0 aliphatic carbocycles. The van der Waals surface area contributed by atoms with Crippen LogP contribution in [0.4, 0.5) is 0 Å². The molecule has 2 atom stereocenters. The fraction of sp³-hybridized carbons (Fsp3) is 0.944. The number of quaternary nitrogens is 1. The summed E-state index contributed by atoms with van der Waals surface area (Å²) in [6.07, 6.45) is 25.5. The van der Waals surface area contributed by atoms with E-state index >= 15 is 0 Å². The molecule has 0 fully saturated rings. The van der Waals surface area contributed by atoms with Crippen molar-refractivity contribution in [2.75, 3.05) is 47.5 Å². The Kier molecular flexibility index (Phi) is 32.9. The molecule has 0 aromatic heterocycles. The molecule has 10 nitrogen and oxygen atoms in total. The highest BCUT2D eigenvalue weighted by Crippen LogP contribution is 2.38. The molecule has 0 saturated carbocycles. The number of hydrogen-bond acceptors (Lipinski definition) is 8. The highest BCUT2D eigenvalue weighted by atomic mass is 31.2. The number of carbonyl (C=O) groups excluding carboxylic acids is 2. The summed E-state index contributed by atoms with van der Waals surface area (Å²) in [5.74, 6) is -0.829. The molecule has 0 bridgehead atoms. The van der Waals surface area contributed by atoms with Crippen molar-refractivity contribution in [1.82, 2.24) is 0 Å². The predicted molar refractivity (Wildman–Crippen MR) is 189 cm³/mol. The molecule has 0 spiro atoms. The Bertz CT molecular complexity index is 776. The lowest BCUT2D eigenvalue weighted by Gasteiger charge is -2.28. The van der Waals surface area contributed by atoms with E-state index in [0.717, 1.165) is 32.1 Å². The van der Waals surface area contributed by atoms with Crippen LogP contribution in [0.2, 0.25) is 0 Å². The van der Waals surface area contributed by atoms with Gasteiger partial charge in [0, 0.05) is 12.8 Å². The molecule has 47 heavy (non-hydrogen) atoms. The minimum Gasteiger partial charge on any atom is -0.756 e. The van der Waals surface area contributed by atoms with Crippen LogP contribution in [0.3, 0.4) is 0 Å².